The van der Waals surface area contributed by atoms with Crippen LogP contribution in [0.25, 0.3) is 6.08 Å². The number of hydrogen-bond donors (Lipinski definition) is 1. The number of benzene rings is 2. The van der Waals surface area contributed by atoms with E-state index in [9.17, 15) is 4.79 Å². The van der Waals surface area contributed by atoms with E-state index in [0.29, 0.717) is 0 Å². The fourth-order valence-corrected chi connectivity index (χ4v) is 2.48. The summed E-state index contributed by atoms with van der Waals surface area (Å²) in [4.78, 5) is 12.8. The highest BCUT2D eigenvalue weighted by molar-refractivity contribution is 9.10. The smallest absolute Gasteiger partial charge is 0.328 e. The molecule has 0 saturated carbocycles. The second-order valence-electron chi connectivity index (χ2n) is 4.77. The summed E-state index contributed by atoms with van der Waals surface area (Å²) in [6.07, 6.45) is 2.75. The van der Waals surface area contributed by atoms with Gasteiger partial charge in [0.05, 0.1) is 0 Å². The van der Waals surface area contributed by atoms with Crippen LogP contribution in [0.3, 0.4) is 0 Å². The largest absolute Gasteiger partial charge is 0.478 e. The molecule has 0 fully saturated rings. The summed E-state index contributed by atoms with van der Waals surface area (Å²) in [6.45, 7) is 2.05. The number of aryl methyl sites for hydroxylation is 1. The first-order valence-corrected chi connectivity index (χ1v) is 7.27. The predicted molar refractivity (Wildman–Crippen MR) is 90.1 cm³/mol. The highest BCUT2D eigenvalue weighted by Crippen LogP contribution is 2.30. The Balaban J connectivity index is 2.45. The second-order valence-corrected chi connectivity index (χ2v) is 5.69. The zero-order chi connectivity index (χ0) is 15.4. The van der Waals surface area contributed by atoms with Gasteiger partial charge in [0.15, 0.2) is 0 Å². The Morgan fingerprint density at radius 2 is 2.00 bits per heavy atom. The van der Waals surface area contributed by atoms with E-state index in [-0.39, 0.29) is 0 Å². The number of halogens is 1. The summed E-state index contributed by atoms with van der Waals surface area (Å²) in [5.41, 5.74) is 4.03. The van der Waals surface area contributed by atoms with Crippen molar-refractivity contribution in [2.75, 3.05) is 11.9 Å². The van der Waals surface area contributed by atoms with Crippen molar-refractivity contribution in [3.05, 3.63) is 64.1 Å². The Kier molecular flexibility index (Phi) is 4.81. The summed E-state index contributed by atoms with van der Waals surface area (Å²) in [6, 6.07) is 14.0. The van der Waals surface area contributed by atoms with Crippen LogP contribution in [0.1, 0.15) is 11.1 Å². The maximum Gasteiger partial charge on any atom is 0.328 e. The van der Waals surface area contributed by atoms with Gasteiger partial charge < -0.3 is 10.0 Å². The van der Waals surface area contributed by atoms with Crippen molar-refractivity contribution in [2.45, 2.75) is 6.92 Å². The molecule has 4 heteroatoms. The highest BCUT2D eigenvalue weighted by Gasteiger charge is 2.09. The number of nitrogens with zero attached hydrogens (tertiary/aromatic N) is 1. The van der Waals surface area contributed by atoms with Crippen LogP contribution in [-0.4, -0.2) is 18.1 Å². The zero-order valence-electron chi connectivity index (χ0n) is 11.9. The molecule has 0 bridgehead atoms. The number of rotatable bonds is 4. The van der Waals surface area contributed by atoms with Crippen molar-refractivity contribution < 1.29 is 9.90 Å². The molecule has 108 valence electrons. The van der Waals surface area contributed by atoms with Gasteiger partial charge >= 0.3 is 5.97 Å². The first kappa shape index (κ1) is 15.3. The van der Waals surface area contributed by atoms with Gasteiger partial charge in [0.1, 0.15) is 0 Å². The maximum absolute atomic E-state index is 10.7. The topological polar surface area (TPSA) is 40.5 Å². The monoisotopic (exact) mass is 345 g/mol. The van der Waals surface area contributed by atoms with Crippen molar-refractivity contribution in [2.24, 2.45) is 0 Å². The summed E-state index contributed by atoms with van der Waals surface area (Å²) in [5.74, 6) is -0.959. The predicted octanol–water partition coefficient (Wildman–Crippen LogP) is 4.62. The molecule has 1 N–H and O–H groups in total. The van der Waals surface area contributed by atoms with E-state index in [1.54, 1.807) is 6.08 Å². The quantitative estimate of drug-likeness (QED) is 0.821. The third kappa shape index (κ3) is 3.95. The van der Waals surface area contributed by atoms with Gasteiger partial charge in [0.2, 0.25) is 0 Å². The van der Waals surface area contributed by atoms with Gasteiger partial charge in [-0.3, -0.25) is 0 Å². The lowest BCUT2D eigenvalue weighted by Gasteiger charge is -2.22. The summed E-state index contributed by atoms with van der Waals surface area (Å²) in [7, 11) is 1.97. The number of carboxylic acid groups (broad SMARTS) is 1. The third-order valence-corrected chi connectivity index (χ3v) is 3.64. The van der Waals surface area contributed by atoms with E-state index < -0.39 is 5.97 Å². The van der Waals surface area contributed by atoms with Crippen molar-refractivity contribution in [3.8, 4) is 0 Å². The molecule has 2 rings (SSSR count). The molecular weight excluding hydrogens is 330 g/mol. The molecule has 0 aromatic heterocycles. The Morgan fingerprint density at radius 3 is 2.67 bits per heavy atom. The molecule has 0 spiro atoms. The second kappa shape index (κ2) is 6.59. The third-order valence-electron chi connectivity index (χ3n) is 3.15. The molecule has 3 nitrogen and oxygen atoms in total. The molecule has 0 aliphatic carbocycles. The van der Waals surface area contributed by atoms with Crippen LogP contribution in [0.5, 0.6) is 0 Å². The van der Waals surface area contributed by atoms with Crippen LogP contribution >= 0.6 is 15.9 Å². The molecule has 21 heavy (non-hydrogen) atoms. The van der Waals surface area contributed by atoms with Crippen LogP contribution in [0.4, 0.5) is 11.4 Å². The molecule has 0 heterocycles. The average Bonchev–Trinajstić information content (AvgIpc) is 2.44. The van der Waals surface area contributed by atoms with Gasteiger partial charge in [0.25, 0.3) is 0 Å². The van der Waals surface area contributed by atoms with Crippen LogP contribution in [-0.2, 0) is 4.79 Å². The molecule has 2 aromatic rings. The van der Waals surface area contributed by atoms with Gasteiger partial charge in [-0.25, -0.2) is 4.79 Å². The highest BCUT2D eigenvalue weighted by atomic mass is 79.9. The Morgan fingerprint density at radius 1 is 1.24 bits per heavy atom. The van der Waals surface area contributed by atoms with Crippen molar-refractivity contribution >= 4 is 39.4 Å². The first-order valence-electron chi connectivity index (χ1n) is 6.48. The van der Waals surface area contributed by atoms with Gasteiger partial charge in [-0.2, -0.15) is 0 Å². The molecule has 0 aliphatic rings. The summed E-state index contributed by atoms with van der Waals surface area (Å²) >= 11 is 3.42. The minimum Gasteiger partial charge on any atom is -0.478 e. The van der Waals surface area contributed by atoms with E-state index in [1.165, 1.54) is 5.56 Å². The van der Waals surface area contributed by atoms with Crippen molar-refractivity contribution in [1.82, 2.24) is 0 Å². The normalized spacial score (nSPS) is 10.8. The van der Waals surface area contributed by atoms with E-state index in [2.05, 4.69) is 22.0 Å². The van der Waals surface area contributed by atoms with Crippen LogP contribution in [0, 0.1) is 6.92 Å². The Labute approximate surface area is 132 Å². The van der Waals surface area contributed by atoms with E-state index >= 15 is 0 Å². The Hall–Kier alpha value is -2.07. The molecular formula is C17H16BrNO2. The minimum atomic E-state index is -0.959. The molecule has 0 atom stereocenters. The molecule has 0 unspecified atom stereocenters. The van der Waals surface area contributed by atoms with E-state index in [0.717, 1.165) is 27.5 Å². The Bertz CT molecular complexity index is 695. The summed E-state index contributed by atoms with van der Waals surface area (Å²) < 4.78 is 0.911. The molecule has 0 aliphatic heterocycles. The first-order chi connectivity index (χ1) is 9.97. The lowest BCUT2D eigenvalue weighted by Crippen LogP contribution is -2.11. The van der Waals surface area contributed by atoms with Crippen LogP contribution in [0.2, 0.25) is 0 Å². The molecule has 0 amide bonds. The van der Waals surface area contributed by atoms with Gasteiger partial charge in [-0.1, -0.05) is 28.1 Å². The van der Waals surface area contributed by atoms with Crippen LogP contribution < -0.4 is 4.90 Å². The number of carboxylic acids is 1. The number of hydrogen-bond acceptors (Lipinski definition) is 2. The molecule has 0 radical (unpaired) electrons. The average molecular weight is 346 g/mol. The lowest BCUT2D eigenvalue weighted by molar-refractivity contribution is -0.131. The van der Waals surface area contributed by atoms with Crippen LogP contribution in [0.15, 0.2) is 53.0 Å². The van der Waals surface area contributed by atoms with E-state index in [1.807, 2.05) is 55.3 Å². The molecule has 2 aromatic carbocycles. The SMILES string of the molecule is Cc1cccc(N(C)c2ccc(Br)cc2/C=C/C(=O)O)c1. The van der Waals surface area contributed by atoms with Crippen molar-refractivity contribution in [3.63, 3.8) is 0 Å². The lowest BCUT2D eigenvalue weighted by atomic mass is 10.1. The number of aliphatic carboxylic acids is 1. The summed E-state index contributed by atoms with van der Waals surface area (Å²) in [5, 5.41) is 8.81. The van der Waals surface area contributed by atoms with Crippen molar-refractivity contribution in [1.29, 1.82) is 0 Å². The fraction of sp³-hybridized carbons (Fsp3) is 0.118. The minimum absolute atomic E-state index is 0.843. The van der Waals surface area contributed by atoms with Gasteiger partial charge in [-0.15, -0.1) is 0 Å². The zero-order valence-corrected chi connectivity index (χ0v) is 13.5. The maximum atomic E-state index is 10.7. The van der Waals surface area contributed by atoms with E-state index in [4.69, 9.17) is 5.11 Å². The van der Waals surface area contributed by atoms with Gasteiger partial charge in [-0.05, 0) is 54.5 Å². The molecule has 0 saturated heterocycles. The number of carbonyl (C=O) groups is 1. The number of anilines is 2. The standard InChI is InChI=1S/C17H16BrNO2/c1-12-4-3-5-15(10-12)19(2)16-8-7-14(18)11-13(16)6-9-17(20)21/h3-11H,1-2H3,(H,20,21)/b9-6+. The van der Waals surface area contributed by atoms with Gasteiger partial charge in [0, 0.05) is 29.0 Å². The fourth-order valence-electron chi connectivity index (χ4n) is 2.10.